The van der Waals surface area contributed by atoms with Gasteiger partial charge in [0.15, 0.2) is 0 Å². The van der Waals surface area contributed by atoms with E-state index in [1.807, 2.05) is 6.07 Å². The van der Waals surface area contributed by atoms with Crippen molar-refractivity contribution in [3.63, 3.8) is 0 Å². The first-order chi connectivity index (χ1) is 6.76. The van der Waals surface area contributed by atoms with Gasteiger partial charge in [0.25, 0.3) is 0 Å². The van der Waals surface area contributed by atoms with Gasteiger partial charge in [0.1, 0.15) is 5.75 Å². The van der Waals surface area contributed by atoms with Crippen LogP contribution in [0.4, 0.5) is 0 Å². The average molecular weight is 192 g/mol. The Morgan fingerprint density at radius 1 is 1.29 bits per heavy atom. The molecule has 78 valence electrons. The normalized spacial score (nSPS) is 12.5. The van der Waals surface area contributed by atoms with Crippen LogP contribution in [0.25, 0.3) is 0 Å². The highest BCUT2D eigenvalue weighted by Crippen LogP contribution is 2.16. The van der Waals surface area contributed by atoms with Crippen molar-refractivity contribution in [3.05, 3.63) is 29.8 Å². The van der Waals surface area contributed by atoms with E-state index in [9.17, 15) is 0 Å². The molecule has 0 spiro atoms. The summed E-state index contributed by atoms with van der Waals surface area (Å²) in [7, 11) is 0. The molecule has 0 aliphatic carbocycles. The Morgan fingerprint density at radius 3 is 2.71 bits per heavy atom. The summed E-state index contributed by atoms with van der Waals surface area (Å²) in [5, 5.41) is 0. The zero-order valence-electron chi connectivity index (χ0n) is 9.42. The van der Waals surface area contributed by atoms with Gasteiger partial charge in [0.05, 0.1) is 6.10 Å². The van der Waals surface area contributed by atoms with Crippen LogP contribution in [0, 0.1) is 0 Å². The van der Waals surface area contributed by atoms with Crippen LogP contribution in [-0.4, -0.2) is 6.10 Å². The quantitative estimate of drug-likeness (QED) is 0.689. The number of hydrogen-bond acceptors (Lipinski definition) is 1. The second-order valence-corrected chi connectivity index (χ2v) is 3.72. The molecular formula is C13H20O. The highest BCUT2D eigenvalue weighted by Gasteiger charge is 2.02. The van der Waals surface area contributed by atoms with E-state index in [0.29, 0.717) is 6.10 Å². The second kappa shape index (κ2) is 5.69. The molecule has 1 heteroatoms. The summed E-state index contributed by atoms with van der Waals surface area (Å²) in [6.45, 7) is 6.47. The third-order valence-electron chi connectivity index (χ3n) is 2.34. The molecule has 0 aromatic heterocycles. The van der Waals surface area contributed by atoms with Gasteiger partial charge >= 0.3 is 0 Å². The van der Waals surface area contributed by atoms with Crippen LogP contribution in [-0.2, 0) is 6.42 Å². The first-order valence-electron chi connectivity index (χ1n) is 5.51. The fraction of sp³-hybridized carbons (Fsp3) is 0.538. The van der Waals surface area contributed by atoms with E-state index >= 15 is 0 Å². The predicted octanol–water partition coefficient (Wildman–Crippen LogP) is 3.82. The molecule has 0 N–H and O–H groups in total. The molecule has 0 saturated carbocycles. The molecule has 1 rings (SSSR count). The molecule has 1 unspecified atom stereocenters. The zero-order valence-corrected chi connectivity index (χ0v) is 9.42. The summed E-state index contributed by atoms with van der Waals surface area (Å²) in [6, 6.07) is 8.36. The second-order valence-electron chi connectivity index (χ2n) is 3.72. The van der Waals surface area contributed by atoms with Crippen LogP contribution < -0.4 is 4.74 Å². The van der Waals surface area contributed by atoms with Crippen molar-refractivity contribution >= 4 is 0 Å². The van der Waals surface area contributed by atoms with Crippen LogP contribution in [0.2, 0.25) is 0 Å². The van der Waals surface area contributed by atoms with Gasteiger partial charge < -0.3 is 4.74 Å². The smallest absolute Gasteiger partial charge is 0.119 e. The SMILES string of the molecule is CCCC(C)Oc1cccc(CC)c1. The lowest BCUT2D eigenvalue weighted by Gasteiger charge is -2.14. The van der Waals surface area contributed by atoms with Crippen molar-refractivity contribution in [2.75, 3.05) is 0 Å². The molecule has 1 nitrogen and oxygen atoms in total. The summed E-state index contributed by atoms with van der Waals surface area (Å²) in [5.41, 5.74) is 1.34. The van der Waals surface area contributed by atoms with Crippen LogP contribution in [0.1, 0.15) is 39.2 Å². The first kappa shape index (κ1) is 11.1. The summed E-state index contributed by atoms with van der Waals surface area (Å²) in [4.78, 5) is 0. The maximum Gasteiger partial charge on any atom is 0.119 e. The summed E-state index contributed by atoms with van der Waals surface area (Å²) >= 11 is 0. The highest BCUT2D eigenvalue weighted by atomic mass is 16.5. The molecule has 0 bridgehead atoms. The Morgan fingerprint density at radius 2 is 2.07 bits per heavy atom. The predicted molar refractivity (Wildman–Crippen MR) is 60.8 cm³/mol. The van der Waals surface area contributed by atoms with E-state index in [1.165, 1.54) is 12.0 Å². The third-order valence-corrected chi connectivity index (χ3v) is 2.34. The van der Waals surface area contributed by atoms with E-state index in [2.05, 4.69) is 39.0 Å². The number of rotatable bonds is 5. The van der Waals surface area contributed by atoms with E-state index < -0.39 is 0 Å². The summed E-state index contributed by atoms with van der Waals surface area (Å²) in [6.07, 6.45) is 3.69. The Kier molecular flexibility index (Phi) is 4.51. The van der Waals surface area contributed by atoms with Gasteiger partial charge in [0, 0.05) is 0 Å². The van der Waals surface area contributed by atoms with E-state index in [0.717, 1.165) is 18.6 Å². The van der Waals surface area contributed by atoms with Crippen molar-refractivity contribution < 1.29 is 4.74 Å². The third kappa shape index (κ3) is 3.41. The standard InChI is InChI=1S/C13H20O/c1-4-7-11(3)14-13-9-6-8-12(5-2)10-13/h6,8-11H,4-5,7H2,1-3H3. The molecule has 0 fully saturated rings. The summed E-state index contributed by atoms with van der Waals surface area (Å²) < 4.78 is 5.80. The van der Waals surface area contributed by atoms with Crippen molar-refractivity contribution in [1.82, 2.24) is 0 Å². The largest absolute Gasteiger partial charge is 0.491 e. The number of benzene rings is 1. The average Bonchev–Trinajstić information content (AvgIpc) is 2.18. The molecule has 0 heterocycles. The fourth-order valence-electron chi connectivity index (χ4n) is 1.54. The van der Waals surface area contributed by atoms with E-state index in [4.69, 9.17) is 4.74 Å². The lowest BCUT2D eigenvalue weighted by Crippen LogP contribution is -2.10. The Bertz CT molecular complexity index is 268. The molecule has 1 atom stereocenters. The highest BCUT2D eigenvalue weighted by molar-refractivity contribution is 5.28. The van der Waals surface area contributed by atoms with Gasteiger partial charge in [-0.3, -0.25) is 0 Å². The van der Waals surface area contributed by atoms with Crippen LogP contribution in [0.15, 0.2) is 24.3 Å². The molecular weight excluding hydrogens is 172 g/mol. The molecule has 0 aliphatic rings. The maximum absolute atomic E-state index is 5.80. The van der Waals surface area contributed by atoms with Gasteiger partial charge in [-0.1, -0.05) is 32.4 Å². The molecule has 1 aromatic rings. The van der Waals surface area contributed by atoms with Crippen molar-refractivity contribution in [2.24, 2.45) is 0 Å². The van der Waals surface area contributed by atoms with E-state index in [-0.39, 0.29) is 0 Å². The fourth-order valence-corrected chi connectivity index (χ4v) is 1.54. The lowest BCUT2D eigenvalue weighted by atomic mass is 10.1. The monoisotopic (exact) mass is 192 g/mol. The molecule has 0 radical (unpaired) electrons. The van der Waals surface area contributed by atoms with Crippen molar-refractivity contribution in [3.8, 4) is 5.75 Å². The molecule has 0 amide bonds. The van der Waals surface area contributed by atoms with E-state index in [1.54, 1.807) is 0 Å². The number of hydrogen-bond donors (Lipinski definition) is 0. The van der Waals surface area contributed by atoms with Crippen LogP contribution in [0.5, 0.6) is 5.75 Å². The van der Waals surface area contributed by atoms with Crippen LogP contribution in [0.3, 0.4) is 0 Å². The van der Waals surface area contributed by atoms with Crippen molar-refractivity contribution in [2.45, 2.75) is 46.1 Å². The molecule has 0 aliphatic heterocycles. The topological polar surface area (TPSA) is 9.23 Å². The molecule has 0 saturated heterocycles. The maximum atomic E-state index is 5.80. The molecule has 14 heavy (non-hydrogen) atoms. The minimum Gasteiger partial charge on any atom is -0.491 e. The minimum atomic E-state index is 0.326. The Balaban J connectivity index is 2.57. The Labute approximate surface area is 87.1 Å². The zero-order chi connectivity index (χ0) is 10.4. The van der Waals surface area contributed by atoms with Crippen molar-refractivity contribution in [1.29, 1.82) is 0 Å². The summed E-state index contributed by atoms with van der Waals surface area (Å²) in [5.74, 6) is 1.00. The van der Waals surface area contributed by atoms with Crippen LogP contribution >= 0.6 is 0 Å². The molecule has 1 aromatic carbocycles. The number of aryl methyl sites for hydroxylation is 1. The first-order valence-corrected chi connectivity index (χ1v) is 5.51. The Hall–Kier alpha value is -0.980. The van der Waals surface area contributed by atoms with Gasteiger partial charge in [0.2, 0.25) is 0 Å². The van der Waals surface area contributed by atoms with Gasteiger partial charge in [-0.2, -0.15) is 0 Å². The minimum absolute atomic E-state index is 0.326. The van der Waals surface area contributed by atoms with Gasteiger partial charge in [-0.25, -0.2) is 0 Å². The lowest BCUT2D eigenvalue weighted by molar-refractivity contribution is 0.210. The van der Waals surface area contributed by atoms with Gasteiger partial charge in [-0.15, -0.1) is 0 Å². The number of ether oxygens (including phenoxy) is 1. The van der Waals surface area contributed by atoms with Gasteiger partial charge in [-0.05, 0) is 37.5 Å².